The van der Waals surface area contributed by atoms with E-state index in [1.165, 1.54) is 4.57 Å². The highest BCUT2D eigenvalue weighted by molar-refractivity contribution is 9.10. The van der Waals surface area contributed by atoms with Gasteiger partial charge in [-0.1, -0.05) is 23.7 Å². The van der Waals surface area contributed by atoms with Gasteiger partial charge in [-0.25, -0.2) is 4.79 Å². The Hall–Kier alpha value is -1.79. The quantitative estimate of drug-likeness (QED) is 0.870. The van der Waals surface area contributed by atoms with Gasteiger partial charge in [0.15, 0.2) is 0 Å². The van der Waals surface area contributed by atoms with Crippen LogP contribution in [0.1, 0.15) is 6.92 Å². The smallest absolute Gasteiger partial charge is 0.319 e. The summed E-state index contributed by atoms with van der Waals surface area (Å²) in [4.78, 5) is 23.9. The molecule has 0 radical (unpaired) electrons. The van der Waals surface area contributed by atoms with Crippen molar-refractivity contribution >= 4 is 39.2 Å². The van der Waals surface area contributed by atoms with Gasteiger partial charge in [-0.15, -0.1) is 0 Å². The molecule has 21 heavy (non-hydrogen) atoms. The number of benzene rings is 1. The molecule has 0 aliphatic rings. The van der Waals surface area contributed by atoms with Gasteiger partial charge in [-0.05, 0) is 41.1 Å². The molecule has 0 aliphatic carbocycles. The second-order valence-corrected chi connectivity index (χ2v) is 5.35. The van der Waals surface area contributed by atoms with Crippen LogP contribution in [0.5, 0.6) is 0 Å². The average molecular weight is 371 g/mol. The average Bonchev–Trinajstić information content (AvgIpc) is 2.46. The fourth-order valence-corrected chi connectivity index (χ4v) is 2.42. The van der Waals surface area contributed by atoms with Crippen molar-refractivity contribution in [3.63, 3.8) is 0 Å². The molecule has 0 spiro atoms. The maximum atomic E-state index is 12.4. The van der Waals surface area contributed by atoms with Gasteiger partial charge in [0.2, 0.25) is 0 Å². The largest absolute Gasteiger partial charge is 0.338 e. The third-order valence-corrected chi connectivity index (χ3v) is 3.82. The minimum Gasteiger partial charge on any atom is -0.338 e. The van der Waals surface area contributed by atoms with E-state index in [1.54, 1.807) is 36.5 Å². The molecule has 0 fully saturated rings. The van der Waals surface area contributed by atoms with Crippen molar-refractivity contribution in [2.45, 2.75) is 6.92 Å². The molecule has 0 saturated heterocycles. The van der Waals surface area contributed by atoms with Gasteiger partial charge >= 0.3 is 6.03 Å². The Morgan fingerprint density at radius 1 is 1.33 bits per heavy atom. The third-order valence-electron chi connectivity index (χ3n) is 2.73. The lowest BCUT2D eigenvalue weighted by Crippen LogP contribution is -2.29. The highest BCUT2D eigenvalue weighted by Gasteiger charge is 2.12. The zero-order valence-corrected chi connectivity index (χ0v) is 13.5. The second kappa shape index (κ2) is 6.78. The van der Waals surface area contributed by atoms with Gasteiger partial charge in [-0.3, -0.25) is 9.36 Å². The molecule has 5 nitrogen and oxygen atoms in total. The first-order chi connectivity index (χ1) is 10.0. The topological polar surface area (TPSA) is 63.1 Å². The number of amides is 2. The van der Waals surface area contributed by atoms with E-state index in [1.807, 2.05) is 6.92 Å². The number of nitrogens with zero attached hydrogens (tertiary/aromatic N) is 1. The molecule has 0 atom stereocenters. The van der Waals surface area contributed by atoms with Crippen molar-refractivity contribution in [3.05, 3.63) is 56.4 Å². The summed E-state index contributed by atoms with van der Waals surface area (Å²) < 4.78 is 1.67. The zero-order chi connectivity index (χ0) is 15.4. The summed E-state index contributed by atoms with van der Waals surface area (Å²) in [5.41, 5.74) is 0.668. The van der Waals surface area contributed by atoms with Gasteiger partial charge in [0.1, 0.15) is 4.47 Å². The molecular weight excluding hydrogens is 358 g/mol. The summed E-state index contributed by atoms with van der Waals surface area (Å²) in [6.45, 7) is 2.31. The zero-order valence-electron chi connectivity index (χ0n) is 11.2. The van der Waals surface area contributed by atoms with Gasteiger partial charge in [-0.2, -0.15) is 0 Å². The van der Waals surface area contributed by atoms with Crippen LogP contribution in [0.4, 0.5) is 10.5 Å². The molecule has 1 aromatic carbocycles. The van der Waals surface area contributed by atoms with Gasteiger partial charge in [0, 0.05) is 12.7 Å². The standard InChI is InChI=1S/C14H13BrClN3O2/c1-2-17-14(21)18-10-7-8-19(13(20)12(10)15)11-6-4-3-5-9(11)16/h3-8H,2H2,1H3,(H2,17,18,21). The van der Waals surface area contributed by atoms with E-state index in [0.29, 0.717) is 22.9 Å². The lowest BCUT2D eigenvalue weighted by atomic mass is 10.3. The normalized spacial score (nSPS) is 10.2. The number of halogens is 2. The molecule has 2 N–H and O–H groups in total. The fourth-order valence-electron chi connectivity index (χ4n) is 1.77. The minimum atomic E-state index is -0.368. The first-order valence-electron chi connectivity index (χ1n) is 6.25. The first-order valence-corrected chi connectivity index (χ1v) is 7.42. The van der Waals surface area contributed by atoms with Crippen LogP contribution in [0.2, 0.25) is 5.02 Å². The summed E-state index contributed by atoms with van der Waals surface area (Å²) in [7, 11) is 0. The summed E-state index contributed by atoms with van der Waals surface area (Å²) in [6.07, 6.45) is 1.57. The Morgan fingerprint density at radius 3 is 2.71 bits per heavy atom. The van der Waals surface area contributed by atoms with Crippen LogP contribution in [0, 0.1) is 0 Å². The third kappa shape index (κ3) is 3.46. The molecule has 2 amide bonds. The van der Waals surface area contributed by atoms with E-state index >= 15 is 0 Å². The van der Waals surface area contributed by atoms with E-state index in [9.17, 15) is 9.59 Å². The van der Waals surface area contributed by atoms with Crippen LogP contribution in [0.3, 0.4) is 0 Å². The number of hydrogen-bond donors (Lipinski definition) is 2. The van der Waals surface area contributed by atoms with E-state index < -0.39 is 0 Å². The fraction of sp³-hybridized carbons (Fsp3) is 0.143. The van der Waals surface area contributed by atoms with Crippen LogP contribution >= 0.6 is 27.5 Å². The molecule has 0 aliphatic heterocycles. The molecule has 1 heterocycles. The number of nitrogens with one attached hydrogen (secondary N) is 2. The van der Waals surface area contributed by atoms with Crippen LogP contribution in [0.25, 0.3) is 5.69 Å². The van der Waals surface area contributed by atoms with Crippen molar-refractivity contribution in [1.82, 2.24) is 9.88 Å². The Morgan fingerprint density at radius 2 is 2.05 bits per heavy atom. The van der Waals surface area contributed by atoms with Crippen molar-refractivity contribution in [2.24, 2.45) is 0 Å². The van der Waals surface area contributed by atoms with Crippen molar-refractivity contribution in [2.75, 3.05) is 11.9 Å². The number of urea groups is 1. The molecule has 110 valence electrons. The molecule has 2 rings (SSSR count). The van der Waals surface area contributed by atoms with E-state index in [0.717, 1.165) is 0 Å². The molecule has 0 unspecified atom stereocenters. The number of carbonyl (C=O) groups is 1. The Labute approximate surface area is 135 Å². The van der Waals surface area contributed by atoms with Crippen molar-refractivity contribution in [1.29, 1.82) is 0 Å². The maximum Gasteiger partial charge on any atom is 0.319 e. The van der Waals surface area contributed by atoms with E-state index in [-0.39, 0.29) is 16.1 Å². The SMILES string of the molecule is CCNC(=O)Nc1ccn(-c2ccccc2Cl)c(=O)c1Br. The predicted molar refractivity (Wildman–Crippen MR) is 87.4 cm³/mol. The minimum absolute atomic E-state index is 0.260. The summed E-state index contributed by atoms with van der Waals surface area (Å²) in [5, 5.41) is 5.67. The number of carbonyl (C=O) groups excluding carboxylic acids is 1. The van der Waals surface area contributed by atoms with Crippen molar-refractivity contribution < 1.29 is 4.79 Å². The molecule has 0 saturated carbocycles. The van der Waals surface area contributed by atoms with E-state index in [2.05, 4.69) is 26.6 Å². The Bertz CT molecular complexity index is 730. The lowest BCUT2D eigenvalue weighted by molar-refractivity contribution is 0.252. The second-order valence-electron chi connectivity index (χ2n) is 4.15. The number of rotatable bonds is 3. The maximum absolute atomic E-state index is 12.4. The highest BCUT2D eigenvalue weighted by Crippen LogP contribution is 2.22. The number of anilines is 1. The van der Waals surface area contributed by atoms with Gasteiger partial charge in [0.05, 0.1) is 16.4 Å². The molecule has 7 heteroatoms. The predicted octanol–water partition coefficient (Wildman–Crippen LogP) is 3.39. The van der Waals surface area contributed by atoms with Crippen molar-refractivity contribution in [3.8, 4) is 5.69 Å². The van der Waals surface area contributed by atoms with E-state index in [4.69, 9.17) is 11.6 Å². The monoisotopic (exact) mass is 369 g/mol. The molecule has 2 aromatic rings. The molecule has 1 aromatic heterocycles. The number of pyridine rings is 1. The summed E-state index contributed by atoms with van der Waals surface area (Å²) >= 11 is 9.31. The molecule has 0 bridgehead atoms. The summed E-state index contributed by atoms with van der Waals surface area (Å²) in [5.74, 6) is 0. The van der Waals surface area contributed by atoms with Gasteiger partial charge in [0.25, 0.3) is 5.56 Å². The first kappa shape index (κ1) is 15.6. The number of para-hydroxylation sites is 1. The van der Waals surface area contributed by atoms with Crippen LogP contribution < -0.4 is 16.2 Å². The molecular formula is C14H13BrClN3O2. The van der Waals surface area contributed by atoms with Crippen LogP contribution in [-0.4, -0.2) is 17.1 Å². The lowest BCUT2D eigenvalue weighted by Gasteiger charge is -2.12. The summed E-state index contributed by atoms with van der Waals surface area (Å²) in [6, 6.07) is 8.29. The number of aromatic nitrogens is 1. The highest BCUT2D eigenvalue weighted by atomic mass is 79.9. The van der Waals surface area contributed by atoms with Crippen LogP contribution in [0.15, 0.2) is 45.8 Å². The van der Waals surface area contributed by atoms with Gasteiger partial charge < -0.3 is 10.6 Å². The Balaban J connectivity index is 2.41. The Kier molecular flexibility index (Phi) is 5.03. The number of hydrogen-bond acceptors (Lipinski definition) is 2. The van der Waals surface area contributed by atoms with Crippen LogP contribution in [-0.2, 0) is 0 Å².